The van der Waals surface area contributed by atoms with Gasteiger partial charge >= 0.3 is 0 Å². The fraction of sp³-hybridized carbons (Fsp3) is 0.625. The highest BCUT2D eigenvalue weighted by molar-refractivity contribution is 5.32. The van der Waals surface area contributed by atoms with Crippen LogP contribution in [-0.4, -0.2) is 6.54 Å². The topological polar surface area (TPSA) is 26.0 Å². The molecule has 1 aromatic rings. The summed E-state index contributed by atoms with van der Waals surface area (Å²) < 4.78 is 0. The molecule has 1 fully saturated rings. The van der Waals surface area contributed by atoms with Gasteiger partial charge in [-0.25, -0.2) is 0 Å². The summed E-state index contributed by atoms with van der Waals surface area (Å²) in [5.41, 5.74) is 9.48. The van der Waals surface area contributed by atoms with Gasteiger partial charge in [0, 0.05) is 12.0 Å². The summed E-state index contributed by atoms with van der Waals surface area (Å²) in [5, 5.41) is 0. The molecule has 1 saturated carbocycles. The average Bonchev–Trinajstić information content (AvgIpc) is 2.18. The Balaban J connectivity index is 2.17. The Kier molecular flexibility index (Phi) is 3.07. The third-order valence-electron chi connectivity index (χ3n) is 4.55. The normalized spacial score (nSPS) is 28.9. The zero-order valence-corrected chi connectivity index (χ0v) is 11.6. The first kappa shape index (κ1) is 12.6. The lowest BCUT2D eigenvalue weighted by Crippen LogP contribution is -2.50. The Morgan fingerprint density at radius 2 is 1.71 bits per heavy atom. The zero-order chi connectivity index (χ0) is 12.7. The van der Waals surface area contributed by atoms with E-state index < -0.39 is 0 Å². The Bertz CT molecular complexity index is 377. The quantitative estimate of drug-likeness (QED) is 0.826. The summed E-state index contributed by atoms with van der Waals surface area (Å²) >= 11 is 0. The highest BCUT2D eigenvalue weighted by Crippen LogP contribution is 2.53. The summed E-state index contributed by atoms with van der Waals surface area (Å²) in [5.74, 6) is 0.812. The third-order valence-corrected chi connectivity index (χ3v) is 4.55. The minimum absolute atomic E-state index is 0.256. The van der Waals surface area contributed by atoms with Gasteiger partial charge in [-0.15, -0.1) is 0 Å². The van der Waals surface area contributed by atoms with Crippen LogP contribution in [0.2, 0.25) is 0 Å². The van der Waals surface area contributed by atoms with E-state index in [-0.39, 0.29) is 5.41 Å². The van der Waals surface area contributed by atoms with Crippen LogP contribution >= 0.6 is 0 Å². The van der Waals surface area contributed by atoms with E-state index in [1.54, 1.807) is 0 Å². The second kappa shape index (κ2) is 4.13. The molecule has 1 nitrogen and oxygen atoms in total. The van der Waals surface area contributed by atoms with E-state index in [9.17, 15) is 0 Å². The molecular formula is C16H25N. The minimum Gasteiger partial charge on any atom is -0.330 e. The molecule has 0 unspecified atom stereocenters. The molecule has 1 heteroatoms. The van der Waals surface area contributed by atoms with Crippen molar-refractivity contribution in [3.05, 3.63) is 35.4 Å². The smallest absolute Gasteiger partial charge is 0.00812 e. The Hall–Kier alpha value is -0.820. The molecule has 0 heterocycles. The first-order chi connectivity index (χ1) is 7.87. The Morgan fingerprint density at radius 3 is 2.12 bits per heavy atom. The van der Waals surface area contributed by atoms with Crippen molar-refractivity contribution in [3.8, 4) is 0 Å². The van der Waals surface area contributed by atoms with E-state index in [1.165, 1.54) is 24.0 Å². The molecule has 0 spiro atoms. The van der Waals surface area contributed by atoms with Gasteiger partial charge in [-0.1, -0.05) is 50.6 Å². The summed E-state index contributed by atoms with van der Waals surface area (Å²) in [6.45, 7) is 9.94. The van der Waals surface area contributed by atoms with Gasteiger partial charge in [0.2, 0.25) is 0 Å². The molecule has 17 heavy (non-hydrogen) atoms. The van der Waals surface area contributed by atoms with Crippen molar-refractivity contribution in [3.63, 3.8) is 0 Å². The van der Waals surface area contributed by atoms with Crippen LogP contribution < -0.4 is 5.73 Å². The molecule has 1 aliphatic rings. The molecule has 0 aromatic heterocycles. The second-order valence-corrected chi connectivity index (χ2v) is 6.82. The highest BCUT2D eigenvalue weighted by Gasteiger charge is 2.48. The van der Waals surface area contributed by atoms with Crippen molar-refractivity contribution in [2.24, 2.45) is 17.1 Å². The monoisotopic (exact) mass is 231 g/mol. The maximum absolute atomic E-state index is 6.04. The maximum Gasteiger partial charge on any atom is 0.00812 e. The van der Waals surface area contributed by atoms with Gasteiger partial charge in [-0.2, -0.15) is 0 Å². The fourth-order valence-electron chi connectivity index (χ4n) is 2.92. The van der Waals surface area contributed by atoms with E-state index in [1.807, 2.05) is 0 Å². The van der Waals surface area contributed by atoms with Gasteiger partial charge < -0.3 is 5.73 Å². The van der Waals surface area contributed by atoms with Crippen molar-refractivity contribution in [2.45, 2.75) is 46.0 Å². The minimum atomic E-state index is 0.256. The van der Waals surface area contributed by atoms with Gasteiger partial charge in [0.05, 0.1) is 0 Å². The van der Waals surface area contributed by atoms with Crippen molar-refractivity contribution in [2.75, 3.05) is 6.54 Å². The molecule has 94 valence electrons. The fourth-order valence-corrected chi connectivity index (χ4v) is 2.92. The van der Waals surface area contributed by atoms with E-state index in [2.05, 4.69) is 52.0 Å². The molecule has 2 N–H and O–H groups in total. The lowest BCUT2D eigenvalue weighted by Gasteiger charge is -2.53. The van der Waals surface area contributed by atoms with Gasteiger partial charge in [0.1, 0.15) is 0 Å². The first-order valence-electron chi connectivity index (χ1n) is 6.65. The standard InChI is InChI=1S/C16H25N/c1-12-5-7-13(8-6-12)16(11-17)9-14(10-16)15(2,3)4/h5-8,14H,9-11,17H2,1-4H3. The summed E-state index contributed by atoms with van der Waals surface area (Å²) in [6.07, 6.45) is 2.49. The van der Waals surface area contributed by atoms with Crippen molar-refractivity contribution in [1.29, 1.82) is 0 Å². The molecule has 0 radical (unpaired) electrons. The number of hydrogen-bond donors (Lipinski definition) is 1. The number of benzene rings is 1. The number of nitrogens with two attached hydrogens (primary N) is 1. The van der Waals surface area contributed by atoms with Crippen molar-refractivity contribution in [1.82, 2.24) is 0 Å². The van der Waals surface area contributed by atoms with Crippen molar-refractivity contribution < 1.29 is 0 Å². The molecule has 0 atom stereocenters. The molecule has 0 amide bonds. The number of aryl methyl sites for hydroxylation is 1. The van der Waals surface area contributed by atoms with Crippen LogP contribution in [0.1, 0.15) is 44.7 Å². The zero-order valence-electron chi connectivity index (χ0n) is 11.6. The SMILES string of the molecule is Cc1ccc(C2(CN)CC(C(C)(C)C)C2)cc1. The Morgan fingerprint density at radius 1 is 1.18 bits per heavy atom. The van der Waals surface area contributed by atoms with Crippen LogP contribution in [0.3, 0.4) is 0 Å². The second-order valence-electron chi connectivity index (χ2n) is 6.82. The molecule has 1 aliphatic carbocycles. The van der Waals surface area contributed by atoms with E-state index in [0.717, 1.165) is 12.5 Å². The predicted octanol–water partition coefficient (Wildman–Crippen LogP) is 3.65. The molecule has 0 bridgehead atoms. The van der Waals surface area contributed by atoms with Crippen LogP contribution in [0.15, 0.2) is 24.3 Å². The predicted molar refractivity (Wildman–Crippen MR) is 74.1 cm³/mol. The van der Waals surface area contributed by atoms with E-state index in [4.69, 9.17) is 5.73 Å². The lowest BCUT2D eigenvalue weighted by molar-refractivity contribution is 0.0504. The van der Waals surface area contributed by atoms with Gasteiger partial charge in [0.25, 0.3) is 0 Å². The van der Waals surface area contributed by atoms with E-state index in [0.29, 0.717) is 5.41 Å². The van der Waals surface area contributed by atoms with Crippen LogP contribution in [0.4, 0.5) is 0 Å². The highest BCUT2D eigenvalue weighted by atomic mass is 14.7. The van der Waals surface area contributed by atoms with Crippen LogP contribution in [0, 0.1) is 18.3 Å². The molecule has 0 saturated heterocycles. The average molecular weight is 231 g/mol. The molecule has 0 aliphatic heterocycles. The van der Waals surface area contributed by atoms with Gasteiger partial charge in [-0.3, -0.25) is 0 Å². The lowest BCUT2D eigenvalue weighted by atomic mass is 9.52. The van der Waals surface area contributed by atoms with Crippen LogP contribution in [-0.2, 0) is 5.41 Å². The molecular weight excluding hydrogens is 206 g/mol. The number of rotatable bonds is 2. The van der Waals surface area contributed by atoms with Crippen LogP contribution in [0.25, 0.3) is 0 Å². The number of hydrogen-bond acceptors (Lipinski definition) is 1. The van der Waals surface area contributed by atoms with Gasteiger partial charge in [-0.05, 0) is 36.7 Å². The summed E-state index contributed by atoms with van der Waals surface area (Å²) in [4.78, 5) is 0. The molecule has 2 rings (SSSR count). The van der Waals surface area contributed by atoms with Crippen molar-refractivity contribution >= 4 is 0 Å². The maximum atomic E-state index is 6.04. The largest absolute Gasteiger partial charge is 0.330 e. The van der Waals surface area contributed by atoms with Crippen LogP contribution in [0.5, 0.6) is 0 Å². The Labute approximate surface area is 105 Å². The van der Waals surface area contributed by atoms with E-state index >= 15 is 0 Å². The third kappa shape index (κ3) is 2.26. The molecule has 1 aromatic carbocycles. The van der Waals surface area contributed by atoms with Gasteiger partial charge in [0.15, 0.2) is 0 Å². The summed E-state index contributed by atoms with van der Waals surface area (Å²) in [7, 11) is 0. The first-order valence-corrected chi connectivity index (χ1v) is 6.65. The summed E-state index contributed by atoms with van der Waals surface area (Å²) in [6, 6.07) is 8.94.